The van der Waals surface area contributed by atoms with Crippen molar-refractivity contribution in [2.24, 2.45) is 0 Å². The van der Waals surface area contributed by atoms with Crippen LogP contribution in [0.2, 0.25) is 0 Å². The van der Waals surface area contributed by atoms with Gasteiger partial charge in [0.15, 0.2) is 5.60 Å². The summed E-state index contributed by atoms with van der Waals surface area (Å²) in [5, 5.41) is 4.72. The Morgan fingerprint density at radius 1 is 1.29 bits per heavy atom. The third kappa shape index (κ3) is 3.65. The molecule has 0 aliphatic carbocycles. The lowest BCUT2D eigenvalue weighted by Crippen LogP contribution is -2.43. The van der Waals surface area contributed by atoms with Crippen LogP contribution in [0.3, 0.4) is 0 Å². The maximum absolute atomic E-state index is 12.2. The van der Waals surface area contributed by atoms with E-state index in [4.69, 9.17) is 9.47 Å². The number of hydrogen-bond acceptors (Lipinski definition) is 5. The highest BCUT2D eigenvalue weighted by Gasteiger charge is 2.41. The number of rotatable bonds is 5. The van der Waals surface area contributed by atoms with E-state index in [1.165, 1.54) is 17.4 Å². The first-order valence-electron chi connectivity index (χ1n) is 7.50. The van der Waals surface area contributed by atoms with Gasteiger partial charge in [-0.2, -0.15) is 0 Å². The zero-order chi connectivity index (χ0) is 17.0. The van der Waals surface area contributed by atoms with Crippen molar-refractivity contribution in [2.75, 3.05) is 0 Å². The molecular weight excluding hydrogens is 326 g/mol. The van der Waals surface area contributed by atoms with Crippen LogP contribution >= 0.6 is 11.3 Å². The monoisotopic (exact) mass is 343 g/mol. The summed E-state index contributed by atoms with van der Waals surface area (Å²) < 4.78 is 10.7. The Morgan fingerprint density at radius 2 is 2.08 bits per heavy atom. The van der Waals surface area contributed by atoms with Crippen LogP contribution in [-0.4, -0.2) is 17.7 Å². The molecule has 1 unspecified atom stereocenters. The summed E-state index contributed by atoms with van der Waals surface area (Å²) in [7, 11) is 0. The van der Waals surface area contributed by atoms with Crippen molar-refractivity contribution in [1.29, 1.82) is 0 Å². The van der Waals surface area contributed by atoms with Gasteiger partial charge in [-0.25, -0.2) is 9.59 Å². The molecule has 1 aliphatic rings. The van der Waals surface area contributed by atoms with Crippen LogP contribution in [0.4, 0.5) is 4.79 Å². The molecule has 0 bridgehead atoms. The van der Waals surface area contributed by atoms with Gasteiger partial charge in [0, 0.05) is 11.0 Å². The molecule has 1 aliphatic heterocycles. The number of cyclic esters (lactones) is 1. The lowest BCUT2D eigenvalue weighted by Gasteiger charge is -2.31. The van der Waals surface area contributed by atoms with Gasteiger partial charge in [-0.3, -0.25) is 0 Å². The number of amides is 1. The van der Waals surface area contributed by atoms with Gasteiger partial charge < -0.3 is 14.8 Å². The summed E-state index contributed by atoms with van der Waals surface area (Å²) in [5.41, 5.74) is -0.0352. The maximum Gasteiger partial charge on any atom is 0.408 e. The Labute approximate surface area is 143 Å². The highest BCUT2D eigenvalue weighted by molar-refractivity contribution is 7.10. The molecule has 0 spiro atoms. The second kappa shape index (κ2) is 6.88. The second-order valence-corrected chi connectivity index (χ2v) is 6.57. The molecule has 0 fully saturated rings. The van der Waals surface area contributed by atoms with Gasteiger partial charge in [-0.1, -0.05) is 36.4 Å². The molecule has 24 heavy (non-hydrogen) atoms. The van der Waals surface area contributed by atoms with Gasteiger partial charge in [0.2, 0.25) is 0 Å². The first kappa shape index (κ1) is 16.3. The number of hydrogen-bond donors (Lipinski definition) is 1. The Kier molecular flexibility index (Phi) is 4.66. The van der Waals surface area contributed by atoms with E-state index in [2.05, 4.69) is 5.32 Å². The second-order valence-electron chi connectivity index (χ2n) is 5.59. The van der Waals surface area contributed by atoms with E-state index in [1.54, 1.807) is 13.0 Å². The number of ether oxygens (including phenoxy) is 2. The minimum atomic E-state index is -0.937. The fourth-order valence-corrected chi connectivity index (χ4v) is 3.41. The number of nitrogens with one attached hydrogen (secondary N) is 1. The lowest BCUT2D eigenvalue weighted by molar-refractivity contribution is -0.146. The van der Waals surface area contributed by atoms with Gasteiger partial charge in [-0.05, 0) is 30.0 Å². The average molecular weight is 343 g/mol. The van der Waals surface area contributed by atoms with E-state index in [0.29, 0.717) is 0 Å². The number of carbonyl (C=O) groups is 2. The molecule has 1 aromatic carbocycles. The molecule has 0 saturated heterocycles. The number of carbonyl (C=O) groups excluding carboxylic acids is 2. The molecule has 1 aromatic heterocycles. The van der Waals surface area contributed by atoms with Crippen LogP contribution in [0.25, 0.3) is 0 Å². The molecule has 2 atom stereocenters. The fraction of sp³-hybridized carbons (Fsp3) is 0.222. The first-order valence-corrected chi connectivity index (χ1v) is 8.38. The minimum absolute atomic E-state index is 0.177. The van der Waals surface area contributed by atoms with Gasteiger partial charge in [0.25, 0.3) is 0 Å². The number of benzene rings is 1. The van der Waals surface area contributed by atoms with Gasteiger partial charge in [0.1, 0.15) is 12.6 Å². The van der Waals surface area contributed by atoms with E-state index in [-0.39, 0.29) is 6.61 Å². The molecule has 0 saturated carbocycles. The zero-order valence-corrected chi connectivity index (χ0v) is 13.9. The molecule has 6 heteroatoms. The maximum atomic E-state index is 12.2. The van der Waals surface area contributed by atoms with Crippen molar-refractivity contribution >= 4 is 23.4 Å². The fourth-order valence-electron chi connectivity index (χ4n) is 2.51. The molecule has 2 heterocycles. The Hall–Kier alpha value is -2.60. The van der Waals surface area contributed by atoms with Crippen molar-refractivity contribution in [3.8, 4) is 0 Å². The minimum Gasteiger partial charge on any atom is -0.449 e. The van der Waals surface area contributed by atoms with E-state index in [1.807, 2.05) is 47.8 Å². The van der Waals surface area contributed by atoms with E-state index >= 15 is 0 Å². The van der Waals surface area contributed by atoms with Crippen molar-refractivity contribution in [2.45, 2.75) is 25.2 Å². The van der Waals surface area contributed by atoms with Crippen molar-refractivity contribution < 1.29 is 19.1 Å². The third-order valence-electron chi connectivity index (χ3n) is 3.75. The number of alkyl carbamates (subject to hydrolysis) is 1. The van der Waals surface area contributed by atoms with E-state index < -0.39 is 23.7 Å². The largest absolute Gasteiger partial charge is 0.449 e. The lowest BCUT2D eigenvalue weighted by atomic mass is 9.95. The van der Waals surface area contributed by atoms with Crippen LogP contribution < -0.4 is 5.32 Å². The van der Waals surface area contributed by atoms with Gasteiger partial charge >= 0.3 is 12.1 Å². The highest BCUT2D eigenvalue weighted by atomic mass is 32.1. The van der Waals surface area contributed by atoms with Crippen LogP contribution in [0.1, 0.15) is 23.4 Å². The van der Waals surface area contributed by atoms with Crippen LogP contribution in [-0.2, 0) is 20.9 Å². The van der Waals surface area contributed by atoms with Crippen LogP contribution in [0.5, 0.6) is 0 Å². The van der Waals surface area contributed by atoms with Crippen molar-refractivity contribution in [3.63, 3.8) is 0 Å². The van der Waals surface area contributed by atoms with Gasteiger partial charge in [-0.15, -0.1) is 11.3 Å². The molecule has 2 aromatic rings. The summed E-state index contributed by atoms with van der Waals surface area (Å²) in [6.45, 7) is 1.94. The normalized spacial score (nSPS) is 20.5. The summed E-state index contributed by atoms with van der Waals surface area (Å²) in [5.74, 6) is -0.418. The average Bonchev–Trinajstić information content (AvgIpc) is 3.22. The predicted octanol–water partition coefficient (Wildman–Crippen LogP) is 3.59. The smallest absolute Gasteiger partial charge is 0.408 e. The van der Waals surface area contributed by atoms with Crippen molar-refractivity contribution in [3.05, 3.63) is 70.4 Å². The summed E-state index contributed by atoms with van der Waals surface area (Å²) in [6, 6.07) is 12.7. The number of esters is 1. The van der Waals surface area contributed by atoms with Crippen LogP contribution in [0, 0.1) is 0 Å². The highest BCUT2D eigenvalue weighted by Crippen LogP contribution is 2.36. The molecule has 0 radical (unpaired) electrons. The molecule has 3 rings (SSSR count). The van der Waals surface area contributed by atoms with Crippen LogP contribution in [0.15, 0.2) is 60.0 Å². The summed E-state index contributed by atoms with van der Waals surface area (Å²) in [4.78, 5) is 24.6. The molecular formula is C18H17NO4S. The third-order valence-corrected chi connectivity index (χ3v) is 4.68. The SMILES string of the molecule is CC1([C@@H](NC(=O)OCc2ccccc2)c2cccs2)C=CC(=O)O1. The molecule has 124 valence electrons. The summed E-state index contributed by atoms with van der Waals surface area (Å²) in [6.07, 6.45) is 2.48. The standard InChI is InChI=1S/C18H17NO4S/c1-18(10-9-15(20)23-18)16(14-8-5-11-24-14)19-17(21)22-12-13-6-3-2-4-7-13/h2-11,16H,12H2,1H3,(H,19,21)/t16-,18?/m0/s1. The molecule has 1 N–H and O–H groups in total. The molecule has 1 amide bonds. The quantitative estimate of drug-likeness (QED) is 0.843. The Balaban J connectivity index is 1.69. The first-order chi connectivity index (χ1) is 11.6. The topological polar surface area (TPSA) is 64.6 Å². The van der Waals surface area contributed by atoms with Crippen molar-refractivity contribution in [1.82, 2.24) is 5.32 Å². The van der Waals surface area contributed by atoms with Gasteiger partial charge in [0.05, 0.1) is 0 Å². The predicted molar refractivity (Wildman–Crippen MR) is 90.5 cm³/mol. The Bertz CT molecular complexity index is 742. The number of thiophene rings is 1. The molecule has 5 nitrogen and oxygen atoms in total. The summed E-state index contributed by atoms with van der Waals surface area (Å²) >= 11 is 1.48. The Morgan fingerprint density at radius 3 is 2.71 bits per heavy atom. The van der Waals surface area contributed by atoms with E-state index in [9.17, 15) is 9.59 Å². The zero-order valence-electron chi connectivity index (χ0n) is 13.1. The van der Waals surface area contributed by atoms with E-state index in [0.717, 1.165) is 10.4 Å².